The Morgan fingerprint density at radius 3 is 2.64 bits per heavy atom. The highest BCUT2D eigenvalue weighted by Gasteiger charge is 2.50. The second-order valence-electron chi connectivity index (χ2n) is 9.44. The van der Waals surface area contributed by atoms with Gasteiger partial charge in [-0.2, -0.15) is 0 Å². The first-order chi connectivity index (χ1) is 12.0. The molecule has 0 aromatic heterocycles. The molecule has 0 bridgehead atoms. The number of hydrogen-bond acceptors (Lipinski definition) is 2. The molecule has 0 unspecified atom stereocenters. The van der Waals surface area contributed by atoms with E-state index in [1.807, 2.05) is 0 Å². The fraction of sp³-hybridized carbons (Fsp3) is 0.864. The van der Waals surface area contributed by atoms with Crippen LogP contribution in [0.25, 0.3) is 0 Å². The van der Waals surface area contributed by atoms with Crippen molar-refractivity contribution in [1.29, 1.82) is 0 Å². The highest BCUT2D eigenvalue weighted by molar-refractivity contribution is 5.66. The molecule has 0 aromatic carbocycles. The van der Waals surface area contributed by atoms with Crippen LogP contribution in [0.4, 0.5) is 0 Å². The first-order valence-corrected chi connectivity index (χ1v) is 10.6. The summed E-state index contributed by atoms with van der Waals surface area (Å²) < 4.78 is 0. The van der Waals surface area contributed by atoms with E-state index < -0.39 is 5.97 Å². The maximum atomic E-state index is 10.9. The lowest BCUT2D eigenvalue weighted by molar-refractivity contribution is -0.137. The van der Waals surface area contributed by atoms with Crippen LogP contribution in [0, 0.1) is 41.4 Å². The predicted molar refractivity (Wildman–Crippen MR) is 98.0 cm³/mol. The second kappa shape index (κ2) is 7.06. The lowest BCUT2D eigenvalue weighted by Gasteiger charge is -2.50. The van der Waals surface area contributed by atoms with Gasteiger partial charge in [0.15, 0.2) is 0 Å². The van der Waals surface area contributed by atoms with Crippen LogP contribution in [0.1, 0.15) is 71.1 Å². The van der Waals surface area contributed by atoms with Gasteiger partial charge in [0.25, 0.3) is 0 Å². The average molecular weight is 347 g/mol. The summed E-state index contributed by atoms with van der Waals surface area (Å²) in [7, 11) is 0. The molecule has 8 atom stereocenters. The van der Waals surface area contributed by atoms with Crippen molar-refractivity contribution in [2.24, 2.45) is 41.4 Å². The molecular formula is C22H34O3. The van der Waals surface area contributed by atoms with Gasteiger partial charge in [-0.1, -0.05) is 18.6 Å². The van der Waals surface area contributed by atoms with E-state index in [0.29, 0.717) is 12.3 Å². The number of aliphatic carboxylic acids is 1. The molecule has 4 aliphatic carbocycles. The van der Waals surface area contributed by atoms with Crippen molar-refractivity contribution in [1.82, 2.24) is 0 Å². The largest absolute Gasteiger partial charge is 0.481 e. The van der Waals surface area contributed by atoms with E-state index >= 15 is 0 Å². The second-order valence-corrected chi connectivity index (χ2v) is 9.44. The van der Waals surface area contributed by atoms with Gasteiger partial charge in [-0.3, -0.25) is 4.79 Å². The maximum absolute atomic E-state index is 10.9. The average Bonchev–Trinajstić information content (AvgIpc) is 3.03. The number of fused-ring (bicyclic) bond motifs is 5. The van der Waals surface area contributed by atoms with Crippen LogP contribution in [0.3, 0.4) is 0 Å². The minimum atomic E-state index is -0.644. The molecular weight excluding hydrogens is 312 g/mol. The van der Waals surface area contributed by atoms with E-state index in [2.05, 4.69) is 13.0 Å². The SMILES string of the molecule is C[C@H](CCC(=O)O)[C@H]1CC[C@@H]2[C@@H]1CC[C@H]1[C@H]2CC=C2C[C@@H](O)CC[C@@H]21. The van der Waals surface area contributed by atoms with E-state index in [1.165, 1.54) is 38.5 Å². The van der Waals surface area contributed by atoms with E-state index in [9.17, 15) is 9.90 Å². The Kier molecular flexibility index (Phi) is 4.96. The smallest absolute Gasteiger partial charge is 0.303 e. The highest BCUT2D eigenvalue weighted by atomic mass is 16.4. The summed E-state index contributed by atoms with van der Waals surface area (Å²) in [6.45, 7) is 2.30. The van der Waals surface area contributed by atoms with Gasteiger partial charge in [0, 0.05) is 6.42 Å². The fourth-order valence-corrected chi connectivity index (χ4v) is 7.22. The summed E-state index contributed by atoms with van der Waals surface area (Å²) in [6, 6.07) is 0. The zero-order valence-electron chi connectivity index (χ0n) is 15.6. The number of hydrogen-bond donors (Lipinski definition) is 2. The van der Waals surface area contributed by atoms with Crippen molar-refractivity contribution < 1.29 is 15.0 Å². The molecule has 140 valence electrons. The molecule has 3 heteroatoms. The number of aliphatic hydroxyl groups is 1. The molecule has 4 rings (SSSR count). The van der Waals surface area contributed by atoms with E-state index in [-0.39, 0.29) is 6.10 Å². The van der Waals surface area contributed by atoms with Gasteiger partial charge in [0.1, 0.15) is 0 Å². The lowest BCUT2D eigenvalue weighted by atomic mass is 9.56. The summed E-state index contributed by atoms with van der Waals surface area (Å²) >= 11 is 0. The molecule has 0 heterocycles. The number of carboxylic acid groups (broad SMARTS) is 1. The summed E-state index contributed by atoms with van der Waals surface area (Å²) in [5, 5.41) is 19.0. The third-order valence-electron chi connectivity index (χ3n) is 8.34. The molecule has 0 saturated heterocycles. The highest BCUT2D eigenvalue weighted by Crippen LogP contribution is 2.58. The van der Waals surface area contributed by atoms with Crippen LogP contribution in [0.15, 0.2) is 11.6 Å². The monoisotopic (exact) mass is 346 g/mol. The van der Waals surface area contributed by atoms with Gasteiger partial charge in [0.2, 0.25) is 0 Å². The minimum Gasteiger partial charge on any atom is -0.481 e. The van der Waals surface area contributed by atoms with Gasteiger partial charge < -0.3 is 10.2 Å². The topological polar surface area (TPSA) is 57.5 Å². The first kappa shape index (κ1) is 17.6. The van der Waals surface area contributed by atoms with Crippen molar-refractivity contribution in [2.45, 2.75) is 77.2 Å². The van der Waals surface area contributed by atoms with Gasteiger partial charge in [-0.15, -0.1) is 0 Å². The molecule has 3 saturated carbocycles. The summed E-state index contributed by atoms with van der Waals surface area (Å²) in [4.78, 5) is 10.9. The van der Waals surface area contributed by atoms with Crippen molar-refractivity contribution in [2.75, 3.05) is 0 Å². The Labute approximate surface area is 151 Å². The lowest BCUT2D eigenvalue weighted by Crippen LogP contribution is -2.42. The summed E-state index contributed by atoms with van der Waals surface area (Å²) in [5.74, 6) is 4.86. The zero-order chi connectivity index (χ0) is 17.6. The molecule has 3 fully saturated rings. The number of rotatable bonds is 4. The summed E-state index contributed by atoms with van der Waals surface area (Å²) in [5.41, 5.74) is 1.57. The zero-order valence-corrected chi connectivity index (χ0v) is 15.6. The third-order valence-corrected chi connectivity index (χ3v) is 8.34. The van der Waals surface area contributed by atoms with E-state index in [4.69, 9.17) is 5.11 Å². The predicted octanol–water partition coefficient (Wildman–Crippen LogP) is 4.65. The number of carbonyl (C=O) groups is 1. The van der Waals surface area contributed by atoms with Crippen LogP contribution in [0.5, 0.6) is 0 Å². The molecule has 25 heavy (non-hydrogen) atoms. The van der Waals surface area contributed by atoms with Gasteiger partial charge >= 0.3 is 5.97 Å². The minimum absolute atomic E-state index is 0.0960. The molecule has 0 aliphatic heterocycles. The maximum Gasteiger partial charge on any atom is 0.303 e. The van der Waals surface area contributed by atoms with Crippen molar-refractivity contribution in [3.63, 3.8) is 0 Å². The van der Waals surface area contributed by atoms with Crippen molar-refractivity contribution >= 4 is 5.97 Å². The van der Waals surface area contributed by atoms with Gasteiger partial charge in [-0.05, 0) is 99.2 Å². The molecule has 0 radical (unpaired) electrons. The Bertz CT molecular complexity index is 539. The normalized spacial score (nSPS) is 44.2. The van der Waals surface area contributed by atoms with Crippen LogP contribution in [-0.4, -0.2) is 22.3 Å². The third kappa shape index (κ3) is 3.29. The van der Waals surface area contributed by atoms with Crippen molar-refractivity contribution in [3.8, 4) is 0 Å². The molecule has 0 spiro atoms. The fourth-order valence-electron chi connectivity index (χ4n) is 7.22. The number of allylic oxidation sites excluding steroid dienone is 1. The van der Waals surface area contributed by atoms with Gasteiger partial charge in [-0.25, -0.2) is 0 Å². The van der Waals surface area contributed by atoms with Crippen LogP contribution in [-0.2, 0) is 4.79 Å². The Morgan fingerprint density at radius 1 is 1.08 bits per heavy atom. The number of carboxylic acids is 1. The molecule has 2 N–H and O–H groups in total. The Hall–Kier alpha value is -0.830. The molecule has 4 aliphatic rings. The number of aliphatic hydroxyl groups excluding tert-OH is 1. The van der Waals surface area contributed by atoms with Crippen LogP contribution < -0.4 is 0 Å². The standard InChI is InChI=1S/C22H34O3/c1-13(2-11-22(24)25)16-7-8-21-18(16)9-10-19-17-6-4-15(23)12-14(17)3-5-20(19)21/h3,13,15-21,23H,2,4-12H2,1H3,(H,24,25)/t13-,15+,16-,17+,18-,19-,20-,21-/m1/s1. The van der Waals surface area contributed by atoms with Gasteiger partial charge in [0.05, 0.1) is 6.10 Å². The van der Waals surface area contributed by atoms with Crippen LogP contribution >= 0.6 is 0 Å². The molecule has 0 amide bonds. The van der Waals surface area contributed by atoms with E-state index in [1.54, 1.807) is 5.57 Å². The van der Waals surface area contributed by atoms with Crippen molar-refractivity contribution in [3.05, 3.63) is 11.6 Å². The first-order valence-electron chi connectivity index (χ1n) is 10.6. The van der Waals surface area contributed by atoms with Crippen LogP contribution in [0.2, 0.25) is 0 Å². The quantitative estimate of drug-likeness (QED) is 0.729. The Morgan fingerprint density at radius 2 is 1.84 bits per heavy atom. The van der Waals surface area contributed by atoms with E-state index in [0.717, 1.165) is 54.8 Å². The Balaban J connectivity index is 1.44. The molecule has 3 nitrogen and oxygen atoms in total. The molecule has 0 aromatic rings. The summed E-state index contributed by atoms with van der Waals surface area (Å²) in [6.07, 6.45) is 13.4.